The molecular weight excluding hydrogens is 359 g/mol. The zero-order chi connectivity index (χ0) is 18.8. The van der Waals surface area contributed by atoms with Crippen molar-refractivity contribution >= 4 is 20.0 Å². The Morgan fingerprint density at radius 3 is 1.44 bits per heavy atom. The standard InChI is InChI=1S/C22H19O4P/c23-27(26-22-14-8-3-9-15-22,24-18-16-20-10-4-1-5-11-20)25-19-17-21-12-6-2-7-13-21/h1-19H/b18-16+,19-17+. The predicted octanol–water partition coefficient (Wildman–Crippen LogP) is 6.55. The van der Waals surface area contributed by atoms with Crippen LogP contribution in [0.4, 0.5) is 0 Å². The second-order valence-electron chi connectivity index (χ2n) is 5.49. The van der Waals surface area contributed by atoms with Crippen LogP contribution in [0, 0.1) is 0 Å². The SMILES string of the molecule is O=P(O/C=C/c1ccccc1)(O/C=C/c1ccccc1)Oc1ccccc1. The fraction of sp³-hybridized carbons (Fsp3) is 0. The third-order valence-corrected chi connectivity index (χ3v) is 4.65. The molecule has 0 saturated carbocycles. The molecule has 0 spiro atoms. The molecule has 27 heavy (non-hydrogen) atoms. The van der Waals surface area contributed by atoms with E-state index in [0.717, 1.165) is 11.1 Å². The fourth-order valence-corrected chi connectivity index (χ4v) is 3.11. The van der Waals surface area contributed by atoms with Crippen molar-refractivity contribution in [2.24, 2.45) is 0 Å². The second-order valence-corrected chi connectivity index (χ2v) is 6.99. The maximum absolute atomic E-state index is 13.0. The highest BCUT2D eigenvalue weighted by atomic mass is 31.2. The highest BCUT2D eigenvalue weighted by Crippen LogP contribution is 2.50. The summed E-state index contributed by atoms with van der Waals surface area (Å²) in [5.41, 5.74) is 1.81. The average Bonchev–Trinajstić information content (AvgIpc) is 2.70. The van der Waals surface area contributed by atoms with E-state index in [4.69, 9.17) is 13.6 Å². The van der Waals surface area contributed by atoms with Crippen LogP contribution in [0.15, 0.2) is 104 Å². The minimum Gasteiger partial charge on any atom is -0.394 e. The summed E-state index contributed by atoms with van der Waals surface area (Å²) in [4.78, 5) is 0. The van der Waals surface area contributed by atoms with Crippen LogP contribution in [0.5, 0.6) is 5.75 Å². The van der Waals surface area contributed by atoms with Gasteiger partial charge in [-0.2, -0.15) is 4.57 Å². The molecule has 0 N–H and O–H groups in total. The third kappa shape index (κ3) is 6.21. The van der Waals surface area contributed by atoms with Crippen LogP contribution in [0.2, 0.25) is 0 Å². The van der Waals surface area contributed by atoms with Gasteiger partial charge in [0.2, 0.25) is 0 Å². The van der Waals surface area contributed by atoms with Gasteiger partial charge in [0.1, 0.15) is 5.75 Å². The molecule has 0 atom stereocenters. The molecule has 0 radical (unpaired) electrons. The number of hydrogen-bond acceptors (Lipinski definition) is 4. The molecule has 0 aliphatic carbocycles. The molecule has 0 heterocycles. The Bertz CT molecular complexity index is 867. The highest BCUT2D eigenvalue weighted by Gasteiger charge is 2.29. The van der Waals surface area contributed by atoms with Crippen molar-refractivity contribution in [3.63, 3.8) is 0 Å². The van der Waals surface area contributed by atoms with Crippen LogP contribution in [0.1, 0.15) is 11.1 Å². The van der Waals surface area contributed by atoms with Gasteiger partial charge in [-0.15, -0.1) is 0 Å². The minimum atomic E-state index is -3.89. The zero-order valence-electron chi connectivity index (χ0n) is 14.5. The van der Waals surface area contributed by atoms with Crippen LogP contribution in [-0.4, -0.2) is 0 Å². The molecule has 0 fully saturated rings. The van der Waals surface area contributed by atoms with Crippen molar-refractivity contribution < 1.29 is 18.1 Å². The molecule has 5 heteroatoms. The lowest BCUT2D eigenvalue weighted by molar-refractivity contribution is 0.253. The maximum Gasteiger partial charge on any atom is 0.645 e. The maximum atomic E-state index is 13.0. The van der Waals surface area contributed by atoms with E-state index in [1.54, 1.807) is 36.4 Å². The monoisotopic (exact) mass is 378 g/mol. The molecule has 3 aromatic rings. The quantitative estimate of drug-likeness (QED) is 0.329. The van der Waals surface area contributed by atoms with Gasteiger partial charge in [-0.25, -0.2) is 0 Å². The largest absolute Gasteiger partial charge is 0.645 e. The third-order valence-electron chi connectivity index (χ3n) is 3.46. The second kappa shape index (κ2) is 9.46. The van der Waals surface area contributed by atoms with Crippen molar-refractivity contribution in [3.05, 3.63) is 115 Å². The molecule has 0 saturated heterocycles. The molecule has 0 aliphatic rings. The molecule has 0 aromatic heterocycles. The number of phosphoric ester groups is 1. The smallest absolute Gasteiger partial charge is 0.394 e. The van der Waals surface area contributed by atoms with E-state index in [1.165, 1.54) is 12.5 Å². The van der Waals surface area contributed by atoms with E-state index in [2.05, 4.69) is 0 Å². The van der Waals surface area contributed by atoms with Crippen LogP contribution >= 0.6 is 7.82 Å². The Morgan fingerprint density at radius 2 is 1.00 bits per heavy atom. The van der Waals surface area contributed by atoms with E-state index >= 15 is 0 Å². The highest BCUT2D eigenvalue weighted by molar-refractivity contribution is 7.49. The first kappa shape index (κ1) is 18.6. The molecule has 0 amide bonds. The molecule has 0 aliphatic heterocycles. The zero-order valence-corrected chi connectivity index (χ0v) is 15.4. The van der Waals surface area contributed by atoms with Gasteiger partial charge in [-0.1, -0.05) is 78.9 Å². The van der Waals surface area contributed by atoms with E-state index in [1.807, 2.05) is 66.7 Å². The van der Waals surface area contributed by atoms with Gasteiger partial charge in [0.05, 0.1) is 12.5 Å². The predicted molar refractivity (Wildman–Crippen MR) is 108 cm³/mol. The lowest BCUT2D eigenvalue weighted by Crippen LogP contribution is -1.96. The van der Waals surface area contributed by atoms with Crippen LogP contribution in [0.3, 0.4) is 0 Å². The van der Waals surface area contributed by atoms with Gasteiger partial charge in [0.15, 0.2) is 0 Å². The Hall–Kier alpha value is -3.23. The number of para-hydroxylation sites is 1. The molecule has 3 aromatic carbocycles. The van der Waals surface area contributed by atoms with Crippen molar-refractivity contribution in [1.82, 2.24) is 0 Å². The summed E-state index contributed by atoms with van der Waals surface area (Å²) in [5.74, 6) is 0.391. The van der Waals surface area contributed by atoms with Gasteiger partial charge in [0, 0.05) is 0 Å². The Morgan fingerprint density at radius 1 is 0.593 bits per heavy atom. The van der Waals surface area contributed by atoms with Gasteiger partial charge in [0.25, 0.3) is 0 Å². The molecular formula is C22H19O4P. The molecule has 3 rings (SSSR count). The summed E-state index contributed by atoms with van der Waals surface area (Å²) in [6, 6.07) is 27.8. The van der Waals surface area contributed by atoms with E-state index < -0.39 is 7.82 Å². The van der Waals surface area contributed by atoms with Gasteiger partial charge in [-0.3, -0.25) is 0 Å². The van der Waals surface area contributed by atoms with Crippen LogP contribution in [-0.2, 0) is 13.6 Å². The number of benzene rings is 3. The van der Waals surface area contributed by atoms with Crippen molar-refractivity contribution in [1.29, 1.82) is 0 Å². The summed E-state index contributed by atoms with van der Waals surface area (Å²) in [7, 11) is -3.89. The van der Waals surface area contributed by atoms with E-state index in [0.29, 0.717) is 5.75 Å². The summed E-state index contributed by atoms with van der Waals surface area (Å²) >= 11 is 0. The molecule has 0 bridgehead atoms. The van der Waals surface area contributed by atoms with Crippen molar-refractivity contribution in [2.45, 2.75) is 0 Å². The number of phosphoric acid groups is 1. The molecule has 4 nitrogen and oxygen atoms in total. The summed E-state index contributed by atoms with van der Waals surface area (Å²) in [6.45, 7) is 0. The Labute approximate surface area is 159 Å². The summed E-state index contributed by atoms with van der Waals surface area (Å²) < 4.78 is 29.2. The lowest BCUT2D eigenvalue weighted by atomic mass is 10.2. The van der Waals surface area contributed by atoms with E-state index in [9.17, 15) is 4.57 Å². The first-order valence-corrected chi connectivity index (χ1v) is 9.84. The summed E-state index contributed by atoms with van der Waals surface area (Å²) in [6.07, 6.45) is 6.00. The van der Waals surface area contributed by atoms with Crippen molar-refractivity contribution in [3.8, 4) is 5.75 Å². The Balaban J connectivity index is 1.72. The lowest BCUT2D eigenvalue weighted by Gasteiger charge is -2.15. The first-order chi connectivity index (χ1) is 13.2. The van der Waals surface area contributed by atoms with Crippen LogP contribution in [0.25, 0.3) is 12.2 Å². The molecule has 136 valence electrons. The van der Waals surface area contributed by atoms with Gasteiger partial charge in [-0.05, 0) is 35.4 Å². The van der Waals surface area contributed by atoms with E-state index in [-0.39, 0.29) is 0 Å². The summed E-state index contributed by atoms with van der Waals surface area (Å²) in [5, 5.41) is 0. The minimum absolute atomic E-state index is 0.391. The average molecular weight is 378 g/mol. The topological polar surface area (TPSA) is 44.8 Å². The normalized spacial score (nSPS) is 11.6. The Kier molecular flexibility index (Phi) is 6.50. The number of rotatable bonds is 8. The fourth-order valence-electron chi connectivity index (χ4n) is 2.17. The van der Waals surface area contributed by atoms with Gasteiger partial charge >= 0.3 is 7.82 Å². The number of hydrogen-bond donors (Lipinski definition) is 0. The van der Waals surface area contributed by atoms with Gasteiger partial charge < -0.3 is 13.6 Å². The molecule has 0 unspecified atom stereocenters. The van der Waals surface area contributed by atoms with Crippen molar-refractivity contribution in [2.75, 3.05) is 0 Å². The first-order valence-electron chi connectivity index (χ1n) is 8.38. The van der Waals surface area contributed by atoms with Crippen LogP contribution < -0.4 is 4.52 Å².